The Balaban J connectivity index is 1.68. The highest BCUT2D eigenvalue weighted by Gasteiger charge is 2.38. The van der Waals surface area contributed by atoms with Crippen LogP contribution in [0.15, 0.2) is 91.5 Å². The van der Waals surface area contributed by atoms with Gasteiger partial charge in [0.15, 0.2) is 0 Å². The van der Waals surface area contributed by atoms with Crippen molar-refractivity contribution in [1.29, 1.82) is 0 Å². The Kier molecular flexibility index (Phi) is 5.40. The van der Waals surface area contributed by atoms with Crippen LogP contribution in [0.1, 0.15) is 30.4 Å². The van der Waals surface area contributed by atoms with Crippen LogP contribution in [0.2, 0.25) is 0 Å². The van der Waals surface area contributed by atoms with Crippen LogP contribution >= 0.6 is 12.2 Å². The topological polar surface area (TPSA) is 27.1 Å². The molecule has 1 unspecified atom stereocenters. The van der Waals surface area contributed by atoms with Crippen LogP contribution in [0, 0.1) is 5.92 Å². The van der Waals surface area contributed by atoms with Gasteiger partial charge in [-0.15, -0.1) is 0 Å². The Bertz CT molecular complexity index is 896. The van der Waals surface area contributed by atoms with E-state index in [1.54, 1.807) is 17.1 Å². The summed E-state index contributed by atoms with van der Waals surface area (Å²) in [7, 11) is 0. The average Bonchev–Trinajstić information content (AvgIpc) is 3.20. The molecular formula is C24H24N2OS. The Morgan fingerprint density at radius 3 is 2.21 bits per heavy atom. The van der Waals surface area contributed by atoms with E-state index in [0.717, 1.165) is 19.3 Å². The highest BCUT2D eigenvalue weighted by Crippen LogP contribution is 2.45. The molecule has 1 aliphatic carbocycles. The lowest BCUT2D eigenvalue weighted by Crippen LogP contribution is -2.35. The van der Waals surface area contributed by atoms with E-state index in [4.69, 9.17) is 17.0 Å². The summed E-state index contributed by atoms with van der Waals surface area (Å²) in [5.41, 5.74) is 3.60. The third-order valence-electron chi connectivity index (χ3n) is 5.66. The molecule has 4 heteroatoms. The van der Waals surface area contributed by atoms with Crippen LogP contribution in [0.3, 0.4) is 0 Å². The summed E-state index contributed by atoms with van der Waals surface area (Å²) in [4.78, 5) is 4.07. The van der Waals surface area contributed by atoms with Crippen LogP contribution in [-0.4, -0.2) is 21.3 Å². The van der Waals surface area contributed by atoms with Crippen molar-refractivity contribution in [2.45, 2.75) is 24.7 Å². The number of aromatic nitrogens is 2. The van der Waals surface area contributed by atoms with Crippen LogP contribution in [0.25, 0.3) is 0 Å². The Hall–Kier alpha value is -2.72. The van der Waals surface area contributed by atoms with E-state index in [1.807, 2.05) is 6.20 Å². The number of hydrogen-bond donors (Lipinski definition) is 0. The quantitative estimate of drug-likeness (QED) is 0.402. The third kappa shape index (κ3) is 3.92. The maximum Gasteiger partial charge on any atom is 0.268 e. The van der Waals surface area contributed by atoms with Crippen molar-refractivity contribution in [2.24, 2.45) is 5.92 Å². The van der Waals surface area contributed by atoms with E-state index in [0.29, 0.717) is 17.7 Å². The van der Waals surface area contributed by atoms with Crippen LogP contribution in [0.4, 0.5) is 0 Å². The predicted molar refractivity (Wildman–Crippen MR) is 116 cm³/mol. The molecule has 142 valence electrons. The minimum absolute atomic E-state index is 0.268. The predicted octanol–water partition coefficient (Wildman–Crippen LogP) is 5.38. The average molecular weight is 389 g/mol. The zero-order valence-electron chi connectivity index (χ0n) is 15.8. The first kappa shape index (κ1) is 18.6. The summed E-state index contributed by atoms with van der Waals surface area (Å²) >= 11 is 5.50. The van der Waals surface area contributed by atoms with Gasteiger partial charge in [0, 0.05) is 12.4 Å². The second-order valence-electron chi connectivity index (χ2n) is 7.44. The maximum atomic E-state index is 6.17. The van der Waals surface area contributed by atoms with Crippen LogP contribution in [-0.2, 0) is 10.2 Å². The summed E-state index contributed by atoms with van der Waals surface area (Å²) in [6.45, 7) is 4.62. The van der Waals surface area contributed by atoms with Crippen molar-refractivity contribution in [3.05, 3.63) is 103 Å². The van der Waals surface area contributed by atoms with Gasteiger partial charge < -0.3 is 4.74 Å². The third-order valence-corrected chi connectivity index (χ3v) is 5.98. The van der Waals surface area contributed by atoms with Gasteiger partial charge in [0.2, 0.25) is 0 Å². The molecule has 3 nitrogen and oxygen atoms in total. The van der Waals surface area contributed by atoms with Gasteiger partial charge in [-0.1, -0.05) is 72.8 Å². The van der Waals surface area contributed by atoms with E-state index >= 15 is 0 Å². The number of nitrogens with zero attached hydrogens (tertiary/aromatic N) is 2. The summed E-state index contributed by atoms with van der Waals surface area (Å²) < 4.78 is 7.91. The van der Waals surface area contributed by atoms with Gasteiger partial charge in [0.1, 0.15) is 12.9 Å². The van der Waals surface area contributed by atoms with Crippen molar-refractivity contribution in [1.82, 2.24) is 9.55 Å². The second-order valence-corrected chi connectivity index (χ2v) is 7.79. The van der Waals surface area contributed by atoms with Gasteiger partial charge in [0.05, 0.1) is 5.41 Å². The number of allylic oxidation sites excluding steroid dienone is 1. The second kappa shape index (κ2) is 8.11. The molecule has 1 aliphatic rings. The molecule has 4 rings (SSSR count). The lowest BCUT2D eigenvalue weighted by atomic mass is 9.71. The first-order chi connectivity index (χ1) is 13.7. The summed E-state index contributed by atoms with van der Waals surface area (Å²) in [6.07, 6.45) is 8.41. The summed E-state index contributed by atoms with van der Waals surface area (Å²) in [6, 6.07) is 21.3. The van der Waals surface area contributed by atoms with Gasteiger partial charge in [-0.05, 0) is 48.5 Å². The maximum absolute atomic E-state index is 6.17. The number of rotatable bonds is 7. The molecule has 1 fully saturated rings. The number of ether oxygens (including phenoxy) is 1. The molecule has 0 N–H and O–H groups in total. The molecular weight excluding hydrogens is 364 g/mol. The molecule has 0 spiro atoms. The fourth-order valence-corrected chi connectivity index (χ4v) is 3.99. The highest BCUT2D eigenvalue weighted by atomic mass is 32.1. The molecule has 1 heterocycles. The molecule has 1 aromatic heterocycles. The zero-order valence-corrected chi connectivity index (χ0v) is 16.6. The fourth-order valence-electron chi connectivity index (χ4n) is 3.82. The van der Waals surface area contributed by atoms with Gasteiger partial charge >= 0.3 is 0 Å². The number of imidazole rings is 1. The van der Waals surface area contributed by atoms with Crippen LogP contribution < -0.4 is 0 Å². The highest BCUT2D eigenvalue weighted by molar-refractivity contribution is 7.80. The molecule has 0 amide bonds. The summed E-state index contributed by atoms with van der Waals surface area (Å²) in [5.74, 6) is 0.632. The van der Waals surface area contributed by atoms with Gasteiger partial charge in [-0.25, -0.2) is 4.98 Å². The fraction of sp³-hybridized carbons (Fsp3) is 0.250. The van der Waals surface area contributed by atoms with Crippen molar-refractivity contribution in [3.8, 4) is 0 Å². The Morgan fingerprint density at radius 1 is 1.11 bits per heavy atom. The number of hydrogen-bond acceptors (Lipinski definition) is 3. The standard InChI is InChI=1S/C24H24N2OS/c1-19-16-20(19)12-13-24(21-8-4-2-5-9-21,22-10-6-3-7-11-22)17-27-23(28)26-15-14-25-18-26/h2-11,14-15,18,20H,1,12-13,16-17H2. The van der Waals surface area contributed by atoms with Crippen molar-refractivity contribution in [3.63, 3.8) is 0 Å². The van der Waals surface area contributed by atoms with Crippen molar-refractivity contribution >= 4 is 17.4 Å². The van der Waals surface area contributed by atoms with Crippen LogP contribution in [0.5, 0.6) is 0 Å². The lowest BCUT2D eigenvalue weighted by molar-refractivity contribution is 0.215. The smallest absolute Gasteiger partial charge is 0.268 e. The van der Waals surface area contributed by atoms with E-state index in [2.05, 4.69) is 72.2 Å². The van der Waals surface area contributed by atoms with E-state index in [-0.39, 0.29) is 5.41 Å². The molecule has 1 saturated carbocycles. The van der Waals surface area contributed by atoms with Gasteiger partial charge in [-0.2, -0.15) is 0 Å². The first-order valence-corrected chi connectivity index (χ1v) is 10.0. The molecule has 0 saturated heterocycles. The Labute approximate surface area is 171 Å². The lowest BCUT2D eigenvalue weighted by Gasteiger charge is -2.35. The molecule has 28 heavy (non-hydrogen) atoms. The van der Waals surface area contributed by atoms with E-state index in [1.165, 1.54) is 16.7 Å². The van der Waals surface area contributed by atoms with Gasteiger partial charge in [0.25, 0.3) is 5.17 Å². The summed E-state index contributed by atoms with van der Waals surface area (Å²) in [5, 5.41) is 0.421. The van der Waals surface area contributed by atoms with E-state index in [9.17, 15) is 0 Å². The molecule has 3 aromatic rings. The minimum atomic E-state index is -0.268. The number of thiocarbonyl (C=S) groups is 1. The monoisotopic (exact) mass is 388 g/mol. The van der Waals surface area contributed by atoms with Crippen molar-refractivity contribution in [2.75, 3.05) is 6.61 Å². The normalized spacial score (nSPS) is 16.0. The van der Waals surface area contributed by atoms with Gasteiger partial charge in [-0.3, -0.25) is 4.57 Å². The van der Waals surface area contributed by atoms with E-state index < -0.39 is 0 Å². The molecule has 0 radical (unpaired) electrons. The number of benzene rings is 2. The molecule has 0 aliphatic heterocycles. The molecule has 2 aromatic carbocycles. The first-order valence-electron chi connectivity index (χ1n) is 9.63. The minimum Gasteiger partial charge on any atom is -0.469 e. The largest absolute Gasteiger partial charge is 0.469 e. The zero-order chi connectivity index (χ0) is 19.4. The molecule has 1 atom stereocenters. The van der Waals surface area contributed by atoms with Crippen molar-refractivity contribution < 1.29 is 4.74 Å². The molecule has 0 bridgehead atoms. The SMILES string of the molecule is C=C1CC1CCC(COC(=S)n1ccnc1)(c1ccccc1)c1ccccc1. The Morgan fingerprint density at radius 2 is 1.71 bits per heavy atom.